The van der Waals surface area contributed by atoms with Crippen LogP contribution in [-0.2, 0) is 0 Å². The highest BCUT2D eigenvalue weighted by molar-refractivity contribution is 9.10. The van der Waals surface area contributed by atoms with Crippen LogP contribution in [0.25, 0.3) is 11.0 Å². The summed E-state index contributed by atoms with van der Waals surface area (Å²) >= 11 is 3.46. The second kappa shape index (κ2) is 4.42. The molecule has 1 aliphatic heterocycles. The molecule has 5 heteroatoms. The molecular formula is C12H14BrN3O. The number of benzene rings is 1. The van der Waals surface area contributed by atoms with Crippen LogP contribution in [0.4, 0.5) is 0 Å². The zero-order chi connectivity index (χ0) is 11.8. The van der Waals surface area contributed by atoms with Crippen molar-refractivity contribution in [3.8, 4) is 0 Å². The molecule has 1 saturated heterocycles. The topological polar surface area (TPSA) is 63.2 Å². The summed E-state index contributed by atoms with van der Waals surface area (Å²) in [5.41, 5.74) is 13.0. The van der Waals surface area contributed by atoms with Gasteiger partial charge in [0.05, 0.1) is 6.04 Å². The summed E-state index contributed by atoms with van der Waals surface area (Å²) in [5, 5.41) is 1.11. The van der Waals surface area contributed by atoms with Crippen LogP contribution in [-0.4, -0.2) is 13.1 Å². The van der Waals surface area contributed by atoms with E-state index in [2.05, 4.69) is 38.9 Å². The van der Waals surface area contributed by atoms with Crippen molar-refractivity contribution >= 4 is 26.9 Å². The van der Waals surface area contributed by atoms with E-state index in [0.717, 1.165) is 27.7 Å². The average molecular weight is 296 g/mol. The van der Waals surface area contributed by atoms with Gasteiger partial charge in [0.2, 0.25) is 0 Å². The van der Waals surface area contributed by atoms with Crippen LogP contribution in [0.2, 0.25) is 0 Å². The third-order valence-corrected chi connectivity index (χ3v) is 3.69. The lowest BCUT2D eigenvalue weighted by Crippen LogP contribution is -2.25. The number of halogens is 1. The minimum absolute atomic E-state index is 0.158. The number of rotatable bonds is 2. The number of fused-ring (bicyclic) bond motifs is 1. The van der Waals surface area contributed by atoms with Crippen molar-refractivity contribution in [3.05, 3.63) is 34.5 Å². The Morgan fingerprint density at radius 1 is 1.41 bits per heavy atom. The van der Waals surface area contributed by atoms with Gasteiger partial charge in [-0.1, -0.05) is 15.9 Å². The molecule has 2 unspecified atom stereocenters. The number of nitrogens with two attached hydrogens (primary N) is 1. The van der Waals surface area contributed by atoms with E-state index in [1.54, 1.807) is 0 Å². The monoisotopic (exact) mass is 295 g/mol. The average Bonchev–Trinajstić information content (AvgIpc) is 2.93. The smallest absolute Gasteiger partial charge is 0.134 e. The normalized spacial score (nSPS) is 24.6. The van der Waals surface area contributed by atoms with Gasteiger partial charge < -0.3 is 10.2 Å². The highest BCUT2D eigenvalue weighted by Crippen LogP contribution is 2.30. The zero-order valence-electron chi connectivity index (χ0n) is 9.24. The Morgan fingerprint density at radius 2 is 2.29 bits per heavy atom. The van der Waals surface area contributed by atoms with E-state index in [-0.39, 0.29) is 6.04 Å². The molecule has 0 saturated carbocycles. The number of nitrogens with one attached hydrogen (secondary N) is 2. The Bertz CT molecular complexity index is 540. The molecule has 2 atom stereocenters. The molecule has 0 aliphatic carbocycles. The number of hydrogen-bond donors (Lipinski definition) is 3. The molecule has 0 radical (unpaired) electrons. The quantitative estimate of drug-likeness (QED) is 0.792. The number of hydrogen-bond acceptors (Lipinski definition) is 4. The first kappa shape index (κ1) is 11.2. The minimum Gasteiger partial charge on any atom is -0.459 e. The van der Waals surface area contributed by atoms with Gasteiger partial charge in [-0.25, -0.2) is 5.43 Å². The second-order valence-corrected chi connectivity index (χ2v) is 5.25. The first-order chi connectivity index (χ1) is 8.28. The molecule has 1 aromatic carbocycles. The largest absolute Gasteiger partial charge is 0.459 e. The molecule has 0 spiro atoms. The van der Waals surface area contributed by atoms with Gasteiger partial charge in [0.25, 0.3) is 0 Å². The zero-order valence-corrected chi connectivity index (χ0v) is 10.8. The summed E-state index contributed by atoms with van der Waals surface area (Å²) in [7, 11) is 0. The Balaban J connectivity index is 2.00. The fourth-order valence-electron chi connectivity index (χ4n) is 2.25. The van der Waals surface area contributed by atoms with E-state index in [0.29, 0.717) is 12.5 Å². The summed E-state index contributed by atoms with van der Waals surface area (Å²) in [4.78, 5) is 0. The first-order valence-corrected chi connectivity index (χ1v) is 6.44. The van der Waals surface area contributed by atoms with Crippen molar-refractivity contribution in [2.75, 3.05) is 13.1 Å². The van der Waals surface area contributed by atoms with Crippen LogP contribution in [0.5, 0.6) is 0 Å². The molecule has 1 aliphatic rings. The fraction of sp³-hybridized carbons (Fsp3) is 0.333. The van der Waals surface area contributed by atoms with Crippen molar-refractivity contribution in [3.63, 3.8) is 0 Å². The van der Waals surface area contributed by atoms with Crippen LogP contribution < -0.4 is 16.6 Å². The molecule has 4 N–H and O–H groups in total. The summed E-state index contributed by atoms with van der Waals surface area (Å²) in [5.74, 6) is 1.32. The number of hydrazine groups is 1. The lowest BCUT2D eigenvalue weighted by atomic mass is 10.0. The molecule has 1 fully saturated rings. The van der Waals surface area contributed by atoms with E-state index in [1.807, 2.05) is 12.1 Å². The van der Waals surface area contributed by atoms with Gasteiger partial charge in [0, 0.05) is 22.3 Å². The maximum absolute atomic E-state index is 5.86. The van der Waals surface area contributed by atoms with Crippen molar-refractivity contribution in [1.82, 2.24) is 10.9 Å². The van der Waals surface area contributed by atoms with Crippen LogP contribution in [0.15, 0.2) is 33.2 Å². The van der Waals surface area contributed by atoms with E-state index < -0.39 is 0 Å². The van der Waals surface area contributed by atoms with E-state index in [9.17, 15) is 0 Å². The van der Waals surface area contributed by atoms with Crippen molar-refractivity contribution in [1.29, 1.82) is 0 Å². The highest BCUT2D eigenvalue weighted by atomic mass is 79.9. The molecule has 90 valence electrons. The summed E-state index contributed by atoms with van der Waals surface area (Å²) < 4.78 is 6.92. The predicted molar refractivity (Wildman–Crippen MR) is 70.3 cm³/mol. The van der Waals surface area contributed by atoms with Gasteiger partial charge in [-0.15, -0.1) is 0 Å². The maximum Gasteiger partial charge on any atom is 0.134 e. The maximum atomic E-state index is 5.86. The summed E-state index contributed by atoms with van der Waals surface area (Å²) in [6, 6.07) is 8.25. The van der Waals surface area contributed by atoms with Gasteiger partial charge in [-0.05, 0) is 30.8 Å². The molecule has 0 bridgehead atoms. The Hall–Kier alpha value is -0.880. The third-order valence-electron chi connectivity index (χ3n) is 3.20. The second-order valence-electron chi connectivity index (χ2n) is 4.33. The standard InChI is InChI=1S/C12H14BrN3O/c13-9-1-2-10-7(3-9)4-11(17-10)12-8(5-14)6-15-16-12/h1-4,8,12,15-16H,5-6,14H2. The fourth-order valence-corrected chi connectivity index (χ4v) is 2.63. The van der Waals surface area contributed by atoms with Crippen LogP contribution in [0, 0.1) is 5.92 Å². The molecule has 3 rings (SSSR count). The van der Waals surface area contributed by atoms with Crippen LogP contribution in [0.1, 0.15) is 11.8 Å². The van der Waals surface area contributed by atoms with Gasteiger partial charge in [-0.3, -0.25) is 5.43 Å². The number of furan rings is 1. The van der Waals surface area contributed by atoms with E-state index >= 15 is 0 Å². The third kappa shape index (κ3) is 1.99. The molecule has 2 heterocycles. The molecule has 4 nitrogen and oxygen atoms in total. The molecule has 2 aromatic rings. The van der Waals surface area contributed by atoms with E-state index in [1.165, 1.54) is 0 Å². The van der Waals surface area contributed by atoms with Crippen molar-refractivity contribution in [2.24, 2.45) is 11.7 Å². The van der Waals surface area contributed by atoms with E-state index in [4.69, 9.17) is 10.2 Å². The Kier molecular flexibility index (Phi) is 2.92. The van der Waals surface area contributed by atoms with Crippen molar-refractivity contribution in [2.45, 2.75) is 6.04 Å². The minimum atomic E-state index is 0.158. The molecule has 17 heavy (non-hydrogen) atoms. The Labute approximate surface area is 108 Å². The summed E-state index contributed by atoms with van der Waals surface area (Å²) in [6.07, 6.45) is 0. The molecule has 1 aromatic heterocycles. The van der Waals surface area contributed by atoms with Gasteiger partial charge in [-0.2, -0.15) is 0 Å². The van der Waals surface area contributed by atoms with Gasteiger partial charge in [0.1, 0.15) is 11.3 Å². The molecule has 0 amide bonds. The summed E-state index contributed by atoms with van der Waals surface area (Å²) in [6.45, 7) is 1.52. The van der Waals surface area contributed by atoms with Crippen molar-refractivity contribution < 1.29 is 4.42 Å². The van der Waals surface area contributed by atoms with Crippen LogP contribution >= 0.6 is 15.9 Å². The predicted octanol–water partition coefficient (Wildman–Crippen LogP) is 1.92. The van der Waals surface area contributed by atoms with Gasteiger partial charge >= 0.3 is 0 Å². The van der Waals surface area contributed by atoms with Crippen LogP contribution in [0.3, 0.4) is 0 Å². The van der Waals surface area contributed by atoms with Gasteiger partial charge in [0.15, 0.2) is 0 Å². The highest BCUT2D eigenvalue weighted by Gasteiger charge is 2.29. The molecular weight excluding hydrogens is 282 g/mol. The lowest BCUT2D eigenvalue weighted by molar-refractivity contribution is 0.397. The SMILES string of the molecule is NCC1CNNC1c1cc2cc(Br)ccc2o1. The Morgan fingerprint density at radius 3 is 3.12 bits per heavy atom. The first-order valence-electron chi connectivity index (χ1n) is 5.65. The lowest BCUT2D eigenvalue weighted by Gasteiger charge is -2.13.